The summed E-state index contributed by atoms with van der Waals surface area (Å²) in [7, 11) is -3.31. The number of carbonyl (C=O) groups is 1. The number of nitrogens with zero attached hydrogens (tertiary/aromatic N) is 4. The van der Waals surface area contributed by atoms with Crippen molar-refractivity contribution in [1.29, 1.82) is 0 Å². The highest BCUT2D eigenvalue weighted by Gasteiger charge is 2.34. The lowest BCUT2D eigenvalue weighted by Crippen LogP contribution is -2.52. The maximum absolute atomic E-state index is 13.2. The Bertz CT molecular complexity index is 1060. The van der Waals surface area contributed by atoms with Gasteiger partial charge in [0.05, 0.1) is 22.9 Å². The van der Waals surface area contributed by atoms with Gasteiger partial charge in [-0.05, 0) is 37.8 Å². The van der Waals surface area contributed by atoms with Gasteiger partial charge < -0.3 is 5.32 Å². The van der Waals surface area contributed by atoms with Gasteiger partial charge in [0.15, 0.2) is 21.5 Å². The second kappa shape index (κ2) is 9.74. The number of amides is 1. The number of pyridine rings is 1. The van der Waals surface area contributed by atoms with Gasteiger partial charge in [0.1, 0.15) is 10.9 Å². The summed E-state index contributed by atoms with van der Waals surface area (Å²) in [5.41, 5.74) is 1.12. The van der Waals surface area contributed by atoms with Crippen molar-refractivity contribution in [2.45, 2.75) is 44.6 Å². The number of rotatable bonds is 7. The van der Waals surface area contributed by atoms with Crippen LogP contribution in [0, 0.1) is 5.92 Å². The van der Waals surface area contributed by atoms with Crippen LogP contribution in [0.15, 0.2) is 56.7 Å². The quantitative estimate of drug-likeness (QED) is 0.626. The molecule has 0 radical (unpaired) electrons. The Morgan fingerprint density at radius 3 is 2.68 bits per heavy atom. The largest absolute Gasteiger partial charge is 0.360 e. The molecule has 1 saturated carbocycles. The smallest absolute Gasteiger partial charge is 0.294 e. The molecule has 1 aromatic rings. The first-order valence-corrected chi connectivity index (χ1v) is 12.2. The molecule has 2 aliphatic rings. The molecule has 1 N–H and O–H groups in total. The summed E-state index contributed by atoms with van der Waals surface area (Å²) in [5.74, 6) is 0.721. The SMILES string of the molecule is C=C(Cl)/N=C1\C(=C/C)N=C(NCc2ccc(S(=O)(=O)CC)cn2)C(=O)N1CC1CCC1. The van der Waals surface area contributed by atoms with Crippen LogP contribution in [-0.2, 0) is 21.2 Å². The minimum Gasteiger partial charge on any atom is -0.360 e. The molecule has 0 saturated heterocycles. The van der Waals surface area contributed by atoms with E-state index in [2.05, 4.69) is 26.9 Å². The van der Waals surface area contributed by atoms with Crippen molar-refractivity contribution in [3.63, 3.8) is 0 Å². The summed E-state index contributed by atoms with van der Waals surface area (Å²) in [5, 5.41) is 3.12. The molecular weight excluding hydrogens is 438 g/mol. The van der Waals surface area contributed by atoms with Gasteiger partial charge >= 0.3 is 0 Å². The van der Waals surface area contributed by atoms with Gasteiger partial charge in [-0.15, -0.1) is 0 Å². The minimum absolute atomic E-state index is 0.0130. The van der Waals surface area contributed by atoms with Gasteiger partial charge in [-0.1, -0.05) is 37.6 Å². The molecule has 1 aliphatic heterocycles. The molecule has 1 fully saturated rings. The van der Waals surface area contributed by atoms with Gasteiger partial charge in [0, 0.05) is 12.7 Å². The summed E-state index contributed by atoms with van der Waals surface area (Å²) >= 11 is 5.90. The molecule has 0 unspecified atom stereocenters. The fourth-order valence-electron chi connectivity index (χ4n) is 3.27. The number of aliphatic imine (C=N–C) groups is 2. The molecule has 1 aromatic heterocycles. The monoisotopic (exact) mass is 463 g/mol. The first-order valence-electron chi connectivity index (χ1n) is 10.2. The topological polar surface area (TPSA) is 104 Å². The molecule has 0 atom stereocenters. The summed E-state index contributed by atoms with van der Waals surface area (Å²) in [6.07, 6.45) is 6.40. The molecule has 10 heteroatoms. The summed E-state index contributed by atoms with van der Waals surface area (Å²) in [6, 6.07) is 3.14. The van der Waals surface area contributed by atoms with Crippen molar-refractivity contribution < 1.29 is 13.2 Å². The van der Waals surface area contributed by atoms with Crippen molar-refractivity contribution >= 4 is 39.0 Å². The first-order chi connectivity index (χ1) is 14.7. The van der Waals surface area contributed by atoms with Crippen molar-refractivity contribution in [3.05, 3.63) is 47.5 Å². The Morgan fingerprint density at radius 1 is 1.42 bits per heavy atom. The Kier molecular flexibility index (Phi) is 7.27. The van der Waals surface area contributed by atoms with Crippen LogP contribution in [0.5, 0.6) is 0 Å². The zero-order valence-electron chi connectivity index (χ0n) is 17.6. The average Bonchev–Trinajstić information content (AvgIpc) is 2.71. The van der Waals surface area contributed by atoms with Crippen LogP contribution < -0.4 is 5.32 Å². The van der Waals surface area contributed by atoms with Crippen LogP contribution in [0.3, 0.4) is 0 Å². The van der Waals surface area contributed by atoms with Crippen molar-refractivity contribution in [2.75, 3.05) is 12.3 Å². The molecule has 31 heavy (non-hydrogen) atoms. The molecular formula is C21H26ClN5O3S. The maximum Gasteiger partial charge on any atom is 0.294 e. The average molecular weight is 464 g/mol. The highest BCUT2D eigenvalue weighted by atomic mass is 35.5. The number of hydrogen-bond donors (Lipinski definition) is 1. The van der Waals surface area contributed by atoms with Gasteiger partial charge in [-0.3, -0.25) is 14.7 Å². The van der Waals surface area contributed by atoms with Gasteiger partial charge in [-0.25, -0.2) is 18.4 Å². The number of sulfone groups is 1. The zero-order chi connectivity index (χ0) is 22.6. The molecule has 2 heterocycles. The lowest BCUT2D eigenvalue weighted by atomic mass is 9.85. The lowest BCUT2D eigenvalue weighted by Gasteiger charge is -2.35. The van der Waals surface area contributed by atoms with E-state index in [1.54, 1.807) is 24.0 Å². The molecule has 8 nitrogen and oxygen atoms in total. The summed E-state index contributed by atoms with van der Waals surface area (Å²) in [4.78, 5) is 27.8. The second-order valence-electron chi connectivity index (χ2n) is 7.40. The number of hydrogen-bond acceptors (Lipinski definition) is 7. The Morgan fingerprint density at radius 2 is 2.16 bits per heavy atom. The number of carbonyl (C=O) groups excluding carboxylic acids is 1. The van der Waals surface area contributed by atoms with E-state index in [0.29, 0.717) is 29.7 Å². The molecule has 0 aromatic carbocycles. The van der Waals surface area contributed by atoms with Crippen molar-refractivity contribution in [2.24, 2.45) is 15.9 Å². The van der Waals surface area contributed by atoms with Crippen LogP contribution in [-0.4, -0.2) is 48.2 Å². The normalized spacial score (nSPS) is 20.0. The van der Waals surface area contributed by atoms with E-state index in [9.17, 15) is 13.2 Å². The minimum atomic E-state index is -3.31. The lowest BCUT2D eigenvalue weighted by molar-refractivity contribution is -0.121. The molecule has 0 spiro atoms. The van der Waals surface area contributed by atoms with Crippen LogP contribution in [0.4, 0.5) is 0 Å². The highest BCUT2D eigenvalue weighted by molar-refractivity contribution is 7.91. The van der Waals surface area contributed by atoms with Crippen LogP contribution in [0.25, 0.3) is 0 Å². The van der Waals surface area contributed by atoms with Gasteiger partial charge in [0.25, 0.3) is 5.91 Å². The van der Waals surface area contributed by atoms with Gasteiger partial charge in [0.2, 0.25) is 0 Å². The van der Waals surface area contributed by atoms with E-state index in [4.69, 9.17) is 11.6 Å². The number of allylic oxidation sites excluding steroid dienone is 1. The predicted octanol–water partition coefficient (Wildman–Crippen LogP) is 3.02. The van der Waals surface area contributed by atoms with E-state index in [0.717, 1.165) is 19.3 Å². The number of aromatic nitrogens is 1. The first kappa shape index (κ1) is 23.1. The van der Waals surface area contributed by atoms with E-state index in [-0.39, 0.29) is 34.1 Å². The number of halogens is 1. The van der Waals surface area contributed by atoms with E-state index >= 15 is 0 Å². The van der Waals surface area contributed by atoms with Crippen LogP contribution >= 0.6 is 11.6 Å². The molecule has 0 bridgehead atoms. The predicted molar refractivity (Wildman–Crippen MR) is 121 cm³/mol. The Hall–Kier alpha value is -2.52. The number of amidine groups is 2. The Labute approximate surface area is 187 Å². The van der Waals surface area contributed by atoms with E-state index in [1.165, 1.54) is 12.3 Å². The standard InChI is InChI=1S/C21H26ClN5O3S/c1-4-18-20(25-14(3)22)27(13-15-7-6-8-15)21(28)19(26-18)24-11-16-9-10-17(12-23-16)31(29,30)5-2/h4,9-10,12,15H,3,5-8,11,13H2,1-2H3,(H,24,26)/b18-4+,25-20+. The third kappa shape index (κ3) is 5.40. The summed E-state index contributed by atoms with van der Waals surface area (Å²) in [6.45, 7) is 7.78. The Balaban J connectivity index is 1.80. The van der Waals surface area contributed by atoms with Crippen molar-refractivity contribution in [3.8, 4) is 0 Å². The highest BCUT2D eigenvalue weighted by Crippen LogP contribution is 2.29. The van der Waals surface area contributed by atoms with Gasteiger partial charge in [-0.2, -0.15) is 0 Å². The molecule has 3 rings (SSSR count). The maximum atomic E-state index is 13.2. The third-order valence-corrected chi connectivity index (χ3v) is 7.11. The van der Waals surface area contributed by atoms with Crippen LogP contribution in [0.2, 0.25) is 0 Å². The molecule has 1 aliphatic carbocycles. The summed E-state index contributed by atoms with van der Waals surface area (Å²) < 4.78 is 23.9. The fourth-order valence-corrected chi connectivity index (χ4v) is 4.17. The van der Waals surface area contributed by atoms with E-state index < -0.39 is 9.84 Å². The third-order valence-electron chi connectivity index (χ3n) is 5.30. The molecule has 1 amide bonds. The van der Waals surface area contributed by atoms with Crippen LogP contribution in [0.1, 0.15) is 38.8 Å². The second-order valence-corrected chi connectivity index (χ2v) is 10.1. The molecule has 166 valence electrons. The fraction of sp³-hybridized carbons (Fsp3) is 0.429. The van der Waals surface area contributed by atoms with Crippen molar-refractivity contribution in [1.82, 2.24) is 15.2 Å². The van der Waals surface area contributed by atoms with E-state index in [1.807, 2.05) is 6.92 Å². The number of nitrogens with one attached hydrogen (secondary N) is 1. The zero-order valence-corrected chi connectivity index (χ0v) is 19.2.